The average Bonchev–Trinajstić information content (AvgIpc) is 2.63. The van der Waals surface area contributed by atoms with Crippen LogP contribution in [0.2, 0.25) is 5.02 Å². The standard InChI is InChI=1S/C18H12ClN3O4/c19-12-6-8-15(16(10-12)22(25)26)21-17-13(18(23)24)7-9-14(20-17)11-4-2-1-3-5-11/h1-10H,(H,20,21)(H,23,24). The van der Waals surface area contributed by atoms with Crippen LogP contribution in [0.25, 0.3) is 11.3 Å². The third kappa shape index (κ3) is 3.62. The lowest BCUT2D eigenvalue weighted by molar-refractivity contribution is -0.383. The molecule has 0 aliphatic rings. The van der Waals surface area contributed by atoms with E-state index in [0.29, 0.717) is 5.69 Å². The number of halogens is 1. The van der Waals surface area contributed by atoms with Crippen LogP contribution in [-0.2, 0) is 0 Å². The fourth-order valence-corrected chi connectivity index (χ4v) is 2.55. The summed E-state index contributed by atoms with van der Waals surface area (Å²) in [6.07, 6.45) is 0. The van der Waals surface area contributed by atoms with Crippen molar-refractivity contribution in [1.29, 1.82) is 0 Å². The smallest absolute Gasteiger partial charge is 0.339 e. The molecule has 0 unspecified atom stereocenters. The van der Waals surface area contributed by atoms with E-state index >= 15 is 0 Å². The van der Waals surface area contributed by atoms with Gasteiger partial charge in [0.15, 0.2) is 0 Å². The molecular weight excluding hydrogens is 358 g/mol. The number of nitro benzene ring substituents is 1. The lowest BCUT2D eigenvalue weighted by Gasteiger charge is -2.11. The summed E-state index contributed by atoms with van der Waals surface area (Å²) in [4.78, 5) is 26.5. The summed E-state index contributed by atoms with van der Waals surface area (Å²) in [7, 11) is 0. The summed E-state index contributed by atoms with van der Waals surface area (Å²) < 4.78 is 0. The fraction of sp³-hybridized carbons (Fsp3) is 0. The van der Waals surface area contributed by atoms with Gasteiger partial charge < -0.3 is 10.4 Å². The number of rotatable bonds is 5. The minimum Gasteiger partial charge on any atom is -0.478 e. The summed E-state index contributed by atoms with van der Waals surface area (Å²) in [6.45, 7) is 0. The number of hydrogen-bond donors (Lipinski definition) is 2. The molecule has 7 nitrogen and oxygen atoms in total. The molecule has 2 aromatic carbocycles. The van der Waals surface area contributed by atoms with E-state index in [-0.39, 0.29) is 27.8 Å². The number of hydrogen-bond acceptors (Lipinski definition) is 5. The van der Waals surface area contributed by atoms with Gasteiger partial charge in [-0.05, 0) is 24.3 Å². The van der Waals surface area contributed by atoms with E-state index in [1.54, 1.807) is 6.07 Å². The molecule has 3 aromatic rings. The van der Waals surface area contributed by atoms with Crippen LogP contribution in [0.4, 0.5) is 17.2 Å². The van der Waals surface area contributed by atoms with Gasteiger partial charge in [0, 0.05) is 16.7 Å². The van der Waals surface area contributed by atoms with Crippen molar-refractivity contribution in [3.63, 3.8) is 0 Å². The van der Waals surface area contributed by atoms with Crippen molar-refractivity contribution in [2.75, 3.05) is 5.32 Å². The molecule has 130 valence electrons. The third-order valence-corrected chi connectivity index (χ3v) is 3.84. The Morgan fingerprint density at radius 3 is 2.50 bits per heavy atom. The zero-order chi connectivity index (χ0) is 18.7. The molecule has 1 aromatic heterocycles. The zero-order valence-corrected chi connectivity index (χ0v) is 14.0. The molecule has 0 aliphatic heterocycles. The fourth-order valence-electron chi connectivity index (χ4n) is 2.39. The Morgan fingerprint density at radius 1 is 1.12 bits per heavy atom. The number of nitrogens with one attached hydrogen (secondary N) is 1. The van der Waals surface area contributed by atoms with Gasteiger partial charge in [0.25, 0.3) is 5.69 Å². The average molecular weight is 370 g/mol. The highest BCUT2D eigenvalue weighted by Gasteiger charge is 2.19. The van der Waals surface area contributed by atoms with Crippen LogP contribution >= 0.6 is 11.6 Å². The monoisotopic (exact) mass is 369 g/mol. The van der Waals surface area contributed by atoms with Gasteiger partial charge in [-0.15, -0.1) is 0 Å². The zero-order valence-electron chi connectivity index (χ0n) is 13.2. The van der Waals surface area contributed by atoms with E-state index in [2.05, 4.69) is 10.3 Å². The molecule has 3 rings (SSSR count). The normalized spacial score (nSPS) is 10.3. The number of carbonyl (C=O) groups is 1. The van der Waals surface area contributed by atoms with Gasteiger partial charge in [-0.3, -0.25) is 10.1 Å². The molecule has 0 amide bonds. The first kappa shape index (κ1) is 17.4. The first-order valence-corrected chi connectivity index (χ1v) is 7.84. The quantitative estimate of drug-likeness (QED) is 0.496. The van der Waals surface area contributed by atoms with Gasteiger partial charge in [0.2, 0.25) is 0 Å². The van der Waals surface area contributed by atoms with Crippen LogP contribution < -0.4 is 5.32 Å². The molecule has 0 fully saturated rings. The summed E-state index contributed by atoms with van der Waals surface area (Å²) in [5.74, 6) is -1.19. The number of carboxylic acid groups (broad SMARTS) is 1. The van der Waals surface area contributed by atoms with Crippen molar-refractivity contribution < 1.29 is 14.8 Å². The molecule has 26 heavy (non-hydrogen) atoms. The minimum atomic E-state index is -1.20. The molecule has 2 N–H and O–H groups in total. The van der Waals surface area contributed by atoms with E-state index < -0.39 is 10.9 Å². The number of nitro groups is 1. The molecule has 0 aliphatic carbocycles. The Bertz CT molecular complexity index is 993. The molecule has 0 radical (unpaired) electrons. The Balaban J connectivity index is 2.09. The number of pyridine rings is 1. The van der Waals surface area contributed by atoms with Crippen LogP contribution in [0.3, 0.4) is 0 Å². The van der Waals surface area contributed by atoms with Crippen molar-refractivity contribution >= 4 is 34.8 Å². The maximum absolute atomic E-state index is 11.5. The second-order valence-electron chi connectivity index (χ2n) is 5.31. The molecule has 0 saturated heterocycles. The maximum atomic E-state index is 11.5. The van der Waals surface area contributed by atoms with Crippen molar-refractivity contribution in [3.8, 4) is 11.3 Å². The second kappa shape index (κ2) is 7.20. The SMILES string of the molecule is O=C(O)c1ccc(-c2ccccc2)nc1Nc1ccc(Cl)cc1[N+](=O)[O-]. The number of anilines is 2. The first-order valence-electron chi connectivity index (χ1n) is 7.46. The molecule has 1 heterocycles. The van der Waals surface area contributed by atoms with Crippen molar-refractivity contribution in [2.45, 2.75) is 0 Å². The van der Waals surface area contributed by atoms with E-state index in [0.717, 1.165) is 5.56 Å². The largest absolute Gasteiger partial charge is 0.478 e. The van der Waals surface area contributed by atoms with Crippen LogP contribution in [-0.4, -0.2) is 21.0 Å². The number of benzene rings is 2. The van der Waals surface area contributed by atoms with Crippen molar-refractivity contribution in [3.05, 3.63) is 81.4 Å². The predicted octanol–water partition coefficient (Wildman–Crippen LogP) is 4.75. The second-order valence-corrected chi connectivity index (χ2v) is 5.74. The van der Waals surface area contributed by atoms with Crippen molar-refractivity contribution in [1.82, 2.24) is 4.98 Å². The summed E-state index contributed by atoms with van der Waals surface area (Å²) in [5.41, 5.74) is 1.04. The Labute approximate surface area is 153 Å². The molecule has 8 heteroatoms. The van der Waals surface area contributed by atoms with Gasteiger partial charge in [0.05, 0.1) is 10.6 Å². The maximum Gasteiger partial charge on any atom is 0.339 e. The van der Waals surface area contributed by atoms with Gasteiger partial charge in [0.1, 0.15) is 17.1 Å². The Hall–Kier alpha value is -3.45. The van der Waals surface area contributed by atoms with E-state index in [4.69, 9.17) is 11.6 Å². The highest BCUT2D eigenvalue weighted by molar-refractivity contribution is 6.31. The predicted molar refractivity (Wildman–Crippen MR) is 98.0 cm³/mol. The van der Waals surface area contributed by atoms with Gasteiger partial charge in [-0.2, -0.15) is 0 Å². The first-order chi connectivity index (χ1) is 12.5. The lowest BCUT2D eigenvalue weighted by atomic mass is 10.1. The summed E-state index contributed by atoms with van der Waals surface area (Å²) >= 11 is 5.81. The van der Waals surface area contributed by atoms with E-state index in [9.17, 15) is 20.0 Å². The Morgan fingerprint density at radius 2 is 1.85 bits per heavy atom. The Kier molecular flexibility index (Phi) is 4.81. The minimum absolute atomic E-state index is 0.00396. The molecular formula is C18H12ClN3O4. The van der Waals surface area contributed by atoms with E-state index in [1.165, 1.54) is 24.3 Å². The summed E-state index contributed by atoms with van der Waals surface area (Å²) in [6, 6.07) is 16.2. The van der Waals surface area contributed by atoms with Gasteiger partial charge in [-0.25, -0.2) is 9.78 Å². The van der Waals surface area contributed by atoms with Gasteiger partial charge in [-0.1, -0.05) is 41.9 Å². The number of aromatic carboxylic acids is 1. The van der Waals surface area contributed by atoms with Crippen LogP contribution in [0, 0.1) is 10.1 Å². The lowest BCUT2D eigenvalue weighted by Crippen LogP contribution is -2.07. The number of aromatic nitrogens is 1. The highest BCUT2D eigenvalue weighted by atomic mass is 35.5. The van der Waals surface area contributed by atoms with Gasteiger partial charge >= 0.3 is 5.97 Å². The highest BCUT2D eigenvalue weighted by Crippen LogP contribution is 2.32. The van der Waals surface area contributed by atoms with Crippen LogP contribution in [0.15, 0.2) is 60.7 Å². The van der Waals surface area contributed by atoms with E-state index in [1.807, 2.05) is 30.3 Å². The topological polar surface area (TPSA) is 105 Å². The molecule has 0 atom stereocenters. The molecule has 0 bridgehead atoms. The molecule has 0 saturated carbocycles. The summed E-state index contributed by atoms with van der Waals surface area (Å²) in [5, 5.41) is 23.6. The molecule has 0 spiro atoms. The van der Waals surface area contributed by atoms with Crippen LogP contribution in [0.1, 0.15) is 10.4 Å². The van der Waals surface area contributed by atoms with Crippen LogP contribution in [0.5, 0.6) is 0 Å². The van der Waals surface area contributed by atoms with Crippen molar-refractivity contribution in [2.24, 2.45) is 0 Å². The number of carboxylic acids is 1. The third-order valence-electron chi connectivity index (χ3n) is 3.60. The number of nitrogens with zero attached hydrogens (tertiary/aromatic N) is 2.